The first kappa shape index (κ1) is 41.4. The molecule has 6 aromatic carbocycles. The van der Waals surface area contributed by atoms with E-state index in [2.05, 4.69) is 0 Å². The predicted molar refractivity (Wildman–Crippen MR) is 226 cm³/mol. The SMILES string of the molecule is O=[N+]([O-])c1ccc(C2OB(OB3OC(c4ccc([N+](=O)[O-])cc4)P(c4ccccc4)C(c4ccc([N+](=O)[O-])cc4)O3)OC(c3ccc([N+](=O)[O-])cc3)P2c2ccccc2)cc1. The maximum absolute atomic E-state index is 11.6. The van der Waals surface area contributed by atoms with Crippen molar-refractivity contribution >= 4 is 63.8 Å². The van der Waals surface area contributed by atoms with Crippen LogP contribution in [0.3, 0.4) is 0 Å². The lowest BCUT2D eigenvalue weighted by Gasteiger charge is -2.44. The van der Waals surface area contributed by atoms with Gasteiger partial charge in [0.05, 0.1) is 43.1 Å². The van der Waals surface area contributed by atoms with Crippen LogP contribution in [0.25, 0.3) is 0 Å². The van der Waals surface area contributed by atoms with E-state index in [1.807, 2.05) is 60.7 Å². The number of benzene rings is 6. The summed E-state index contributed by atoms with van der Waals surface area (Å²) in [7, 11) is -6.16. The van der Waals surface area contributed by atoms with Crippen LogP contribution in [-0.4, -0.2) is 34.3 Å². The number of non-ortho nitro benzene ring substituents is 4. The van der Waals surface area contributed by atoms with Gasteiger partial charge in [0.1, 0.15) is 0 Å². The van der Waals surface area contributed by atoms with Gasteiger partial charge >= 0.3 is 14.6 Å². The summed E-state index contributed by atoms with van der Waals surface area (Å²) in [5.41, 5.74) is 1.73. The molecular weight excluding hydrogens is 828 g/mol. The minimum Gasteiger partial charge on any atom is -0.399 e. The number of nitro groups is 4. The van der Waals surface area contributed by atoms with Gasteiger partial charge in [-0.05, 0) is 97.2 Å². The summed E-state index contributed by atoms with van der Waals surface area (Å²) in [6, 6.07) is 42.4. The average Bonchev–Trinajstić information content (AvgIpc) is 3.29. The molecule has 304 valence electrons. The summed E-state index contributed by atoms with van der Waals surface area (Å²) in [5, 5.41) is 48.2. The summed E-state index contributed by atoms with van der Waals surface area (Å²) < 4.78 is 33.0. The molecule has 2 saturated heterocycles. The zero-order chi connectivity index (χ0) is 42.6. The van der Waals surface area contributed by atoms with E-state index in [9.17, 15) is 40.5 Å². The first-order valence-corrected chi connectivity index (χ1v) is 21.4. The zero-order valence-corrected chi connectivity index (χ0v) is 33.3. The summed E-state index contributed by atoms with van der Waals surface area (Å²) in [6.07, 6.45) is 0. The van der Waals surface area contributed by atoms with Gasteiger partial charge in [-0.25, -0.2) is 0 Å². The van der Waals surface area contributed by atoms with Crippen molar-refractivity contribution in [3.63, 3.8) is 0 Å². The molecule has 0 amide bonds. The Bertz CT molecular complexity index is 2220. The highest BCUT2D eigenvalue weighted by Crippen LogP contribution is 2.66. The van der Waals surface area contributed by atoms with Gasteiger partial charge in [0.15, 0.2) is 0 Å². The standard InChI is InChI=1S/C40H30B2N4O13P2/c47-43(48)31-19-11-27(12-20-31)37-55-41(56-38(60(37)35-7-3-1-4-8-35)28-13-21-32(22-14-28)44(49)50)59-42-57-39(29-15-23-33(24-16-29)45(51)52)61(36-9-5-2-6-10-36)40(58-42)30-17-25-34(26-18-30)46(53)54/h1-26,37-40H. The molecule has 6 aromatic rings. The molecule has 2 heterocycles. The predicted octanol–water partition coefficient (Wildman–Crippen LogP) is 9.11. The van der Waals surface area contributed by atoms with Crippen molar-refractivity contribution in [3.05, 3.63) is 220 Å². The van der Waals surface area contributed by atoms with Crippen LogP contribution in [0.5, 0.6) is 0 Å². The fourth-order valence-electron chi connectivity index (χ4n) is 6.95. The van der Waals surface area contributed by atoms with Crippen LogP contribution in [0.15, 0.2) is 158 Å². The maximum Gasteiger partial charge on any atom is 0.628 e. The Hall–Kier alpha value is -6.29. The van der Waals surface area contributed by atoms with Gasteiger partial charge < -0.3 is 23.2 Å². The smallest absolute Gasteiger partial charge is 0.399 e. The second-order valence-electron chi connectivity index (χ2n) is 13.5. The van der Waals surface area contributed by atoms with Crippen LogP contribution in [-0.2, 0) is 23.2 Å². The van der Waals surface area contributed by atoms with Gasteiger partial charge in [-0.1, -0.05) is 60.7 Å². The highest BCUT2D eigenvalue weighted by Gasteiger charge is 2.52. The normalized spacial score (nSPS) is 21.4. The van der Waals surface area contributed by atoms with Crippen LogP contribution in [0.2, 0.25) is 0 Å². The van der Waals surface area contributed by atoms with Gasteiger partial charge in [-0.2, -0.15) is 0 Å². The quantitative estimate of drug-likeness (QED) is 0.0486. The Kier molecular flexibility index (Phi) is 12.3. The zero-order valence-electron chi connectivity index (χ0n) is 31.5. The fourth-order valence-corrected chi connectivity index (χ4v) is 12.5. The van der Waals surface area contributed by atoms with Gasteiger partial charge in [0.25, 0.3) is 22.7 Å². The number of hydrogen-bond donors (Lipinski definition) is 0. The molecule has 0 saturated carbocycles. The van der Waals surface area contributed by atoms with Gasteiger partial charge in [0, 0.05) is 48.5 Å². The summed E-state index contributed by atoms with van der Waals surface area (Å²) in [5.74, 6) is -3.28. The van der Waals surface area contributed by atoms with Gasteiger partial charge in [-0.3, -0.25) is 40.5 Å². The van der Waals surface area contributed by atoms with Crippen molar-refractivity contribution in [2.24, 2.45) is 0 Å². The molecule has 21 heteroatoms. The summed E-state index contributed by atoms with van der Waals surface area (Å²) in [6.45, 7) is 0. The molecule has 4 atom stereocenters. The second-order valence-corrected chi connectivity index (χ2v) is 18.1. The molecule has 4 unspecified atom stereocenters. The van der Waals surface area contributed by atoms with E-state index in [1.165, 1.54) is 48.5 Å². The molecule has 17 nitrogen and oxygen atoms in total. The van der Waals surface area contributed by atoms with Crippen molar-refractivity contribution in [2.45, 2.75) is 23.4 Å². The molecule has 0 aromatic heterocycles. The van der Waals surface area contributed by atoms with Crippen LogP contribution in [0.4, 0.5) is 22.7 Å². The van der Waals surface area contributed by atoms with Crippen molar-refractivity contribution < 1.29 is 42.9 Å². The van der Waals surface area contributed by atoms with Crippen molar-refractivity contribution in [3.8, 4) is 0 Å². The number of hydrogen-bond acceptors (Lipinski definition) is 13. The average molecular weight is 858 g/mol. The third-order valence-electron chi connectivity index (χ3n) is 9.86. The molecule has 2 aliphatic rings. The number of rotatable bonds is 12. The van der Waals surface area contributed by atoms with E-state index in [0.717, 1.165) is 10.6 Å². The van der Waals surface area contributed by atoms with Gasteiger partial charge in [0.2, 0.25) is 0 Å². The minimum atomic E-state index is -1.54. The lowest BCUT2D eigenvalue weighted by molar-refractivity contribution is -0.385. The first-order valence-electron chi connectivity index (χ1n) is 18.5. The number of nitrogens with zero attached hydrogens (tertiary/aromatic N) is 4. The van der Waals surface area contributed by atoms with Crippen molar-refractivity contribution in [2.75, 3.05) is 0 Å². The van der Waals surface area contributed by atoms with Crippen LogP contribution < -0.4 is 10.6 Å². The third kappa shape index (κ3) is 9.09. The van der Waals surface area contributed by atoms with Crippen LogP contribution in [0, 0.1) is 40.5 Å². The Morgan fingerprint density at radius 1 is 0.377 bits per heavy atom. The summed E-state index contributed by atoms with van der Waals surface area (Å²) >= 11 is 0. The topological polar surface area (TPSA) is 219 Å². The Balaban J connectivity index is 1.21. The molecule has 0 bridgehead atoms. The van der Waals surface area contributed by atoms with E-state index in [0.29, 0.717) is 22.3 Å². The Morgan fingerprint density at radius 2 is 0.607 bits per heavy atom. The molecule has 0 aliphatic carbocycles. The van der Waals surface area contributed by atoms with E-state index in [4.69, 9.17) is 23.2 Å². The lowest BCUT2D eigenvalue weighted by Crippen LogP contribution is -2.45. The maximum atomic E-state index is 11.6. The van der Waals surface area contributed by atoms with E-state index in [-0.39, 0.29) is 22.7 Å². The monoisotopic (exact) mass is 858 g/mol. The molecule has 2 aliphatic heterocycles. The highest BCUT2D eigenvalue weighted by molar-refractivity contribution is 7.66. The van der Waals surface area contributed by atoms with Crippen LogP contribution in [0.1, 0.15) is 45.6 Å². The molecule has 0 spiro atoms. The fraction of sp³-hybridized carbons (Fsp3) is 0.100. The van der Waals surface area contributed by atoms with Gasteiger partial charge in [-0.15, -0.1) is 0 Å². The van der Waals surface area contributed by atoms with Crippen molar-refractivity contribution in [1.82, 2.24) is 0 Å². The summed E-state index contributed by atoms with van der Waals surface area (Å²) in [4.78, 5) is 44.5. The lowest BCUT2D eigenvalue weighted by atomic mass is 10.1. The molecule has 0 N–H and O–H groups in total. The van der Waals surface area contributed by atoms with E-state index >= 15 is 0 Å². The third-order valence-corrected chi connectivity index (χ3v) is 15.3. The van der Waals surface area contributed by atoms with Crippen molar-refractivity contribution in [1.29, 1.82) is 0 Å². The largest absolute Gasteiger partial charge is 0.628 e. The molecule has 0 radical (unpaired) electrons. The minimum absolute atomic E-state index is 0.131. The number of nitro benzene ring substituents is 4. The second kappa shape index (κ2) is 18.1. The van der Waals surface area contributed by atoms with E-state index < -0.39 is 73.6 Å². The Labute approximate surface area is 349 Å². The molecular formula is C40H30B2N4O13P2. The Morgan fingerprint density at radius 3 is 0.820 bits per heavy atom. The molecule has 2 fully saturated rings. The highest BCUT2D eigenvalue weighted by atomic mass is 31.1. The molecule has 61 heavy (non-hydrogen) atoms. The first-order chi connectivity index (χ1) is 29.5. The van der Waals surface area contributed by atoms with Crippen LogP contribution >= 0.6 is 15.8 Å². The van der Waals surface area contributed by atoms with E-state index in [1.54, 1.807) is 48.5 Å². The molecule has 8 rings (SSSR count).